The van der Waals surface area contributed by atoms with E-state index < -0.39 is 12.8 Å². The minimum absolute atomic E-state index is 0.107. The number of Topliss-reactive ketones (excluding diaryl/α,β-unsaturated/α-hetero) is 1. The molecule has 1 rings (SSSR count). The van der Waals surface area contributed by atoms with Gasteiger partial charge in [-0.2, -0.15) is 0 Å². The lowest BCUT2D eigenvalue weighted by molar-refractivity contribution is 0.0923. The van der Waals surface area contributed by atoms with Crippen LogP contribution < -0.4 is 0 Å². The molecule has 0 amide bonds. The van der Waals surface area contributed by atoms with Crippen LogP contribution in [-0.2, 0) is 24.4 Å². The van der Waals surface area contributed by atoms with E-state index in [1.807, 2.05) is 12.1 Å². The summed E-state index contributed by atoms with van der Waals surface area (Å²) in [7, 11) is -3.60. The first-order valence-corrected chi connectivity index (χ1v) is 11.2. The highest BCUT2D eigenvalue weighted by Gasteiger charge is 2.49. The number of hydrogen-bond donors (Lipinski definition) is 0. The molecule has 0 spiro atoms. The number of carbonyl (C=O) groups is 1. The van der Waals surface area contributed by atoms with Gasteiger partial charge in [0.15, 0.2) is 5.78 Å². The van der Waals surface area contributed by atoms with Crippen molar-refractivity contribution in [3.8, 4) is 0 Å². The van der Waals surface area contributed by atoms with E-state index in [4.69, 9.17) is 9.05 Å². The normalized spacial score (nSPS) is 13.7. The lowest BCUT2D eigenvalue weighted by atomic mass is 9.78. The fraction of sp³-hybridized carbons (Fsp3) is 0.682. The van der Waals surface area contributed by atoms with E-state index >= 15 is 0 Å². The van der Waals surface area contributed by atoms with Crippen LogP contribution in [0.25, 0.3) is 0 Å². The fourth-order valence-electron chi connectivity index (χ4n) is 2.80. The standard InChI is InChI=1S/C22H37O4P/c1-11-25-27(24,26-12-2)22(9,10)19(23)16-13-17(20(3,4)5)15-18(14-16)21(6,7)8/h13-15H,11-12H2,1-10H3. The van der Waals surface area contributed by atoms with Gasteiger partial charge in [-0.1, -0.05) is 47.6 Å². The molecule has 1 aromatic rings. The van der Waals surface area contributed by atoms with Gasteiger partial charge in [-0.05, 0) is 61.8 Å². The average molecular weight is 397 g/mol. The Morgan fingerprint density at radius 2 is 1.19 bits per heavy atom. The van der Waals surface area contributed by atoms with Gasteiger partial charge in [0, 0.05) is 5.56 Å². The summed E-state index contributed by atoms with van der Waals surface area (Å²) < 4.78 is 24.3. The fourth-order valence-corrected chi connectivity index (χ4v) is 4.58. The van der Waals surface area contributed by atoms with Crippen LogP contribution in [0, 0.1) is 0 Å². The van der Waals surface area contributed by atoms with Crippen molar-refractivity contribution in [2.24, 2.45) is 0 Å². The Balaban J connectivity index is 3.59. The van der Waals surface area contributed by atoms with Crippen molar-refractivity contribution in [3.63, 3.8) is 0 Å². The topological polar surface area (TPSA) is 52.6 Å². The molecule has 4 nitrogen and oxygen atoms in total. The molecule has 0 saturated heterocycles. The van der Waals surface area contributed by atoms with Crippen LogP contribution in [0.3, 0.4) is 0 Å². The largest absolute Gasteiger partial charge is 0.343 e. The summed E-state index contributed by atoms with van der Waals surface area (Å²) in [6.07, 6.45) is 0. The van der Waals surface area contributed by atoms with E-state index in [2.05, 4.69) is 47.6 Å². The Morgan fingerprint density at radius 1 is 0.815 bits per heavy atom. The summed E-state index contributed by atoms with van der Waals surface area (Å²) >= 11 is 0. The van der Waals surface area contributed by atoms with Gasteiger partial charge in [-0.25, -0.2) is 0 Å². The molecule has 0 atom stereocenters. The van der Waals surface area contributed by atoms with Crippen molar-refractivity contribution in [3.05, 3.63) is 34.9 Å². The van der Waals surface area contributed by atoms with Crippen LogP contribution in [0.4, 0.5) is 0 Å². The molecule has 0 heterocycles. The molecular weight excluding hydrogens is 359 g/mol. The van der Waals surface area contributed by atoms with Crippen molar-refractivity contribution in [2.45, 2.75) is 85.2 Å². The smallest absolute Gasteiger partial charge is 0.308 e. The Morgan fingerprint density at radius 3 is 1.48 bits per heavy atom. The third kappa shape index (κ3) is 5.31. The van der Waals surface area contributed by atoms with Crippen LogP contribution in [-0.4, -0.2) is 24.2 Å². The van der Waals surface area contributed by atoms with Gasteiger partial charge >= 0.3 is 7.60 Å². The quantitative estimate of drug-likeness (QED) is 0.389. The summed E-state index contributed by atoms with van der Waals surface area (Å²) in [6.45, 7) is 20.0. The molecule has 0 bridgehead atoms. The number of ketones is 1. The first-order chi connectivity index (χ1) is 12.1. The van der Waals surface area contributed by atoms with Crippen molar-refractivity contribution < 1.29 is 18.4 Å². The van der Waals surface area contributed by atoms with Crippen LogP contribution in [0.15, 0.2) is 18.2 Å². The first kappa shape index (κ1) is 24.1. The number of benzene rings is 1. The second kappa shape index (κ2) is 8.19. The molecule has 27 heavy (non-hydrogen) atoms. The van der Waals surface area contributed by atoms with Crippen LogP contribution in [0.2, 0.25) is 0 Å². The zero-order chi connectivity index (χ0) is 21.3. The SMILES string of the molecule is CCOP(=O)(OCC)C(C)(C)C(=O)c1cc(C(C)(C)C)cc(C(C)(C)C)c1. The second-order valence-corrected chi connectivity index (χ2v) is 12.1. The average Bonchev–Trinajstić information content (AvgIpc) is 2.52. The van der Waals surface area contributed by atoms with E-state index in [0.717, 1.165) is 11.1 Å². The Hall–Kier alpha value is -0.960. The minimum Gasteiger partial charge on any atom is -0.308 e. The van der Waals surface area contributed by atoms with Crippen LogP contribution in [0.5, 0.6) is 0 Å². The molecule has 154 valence electrons. The summed E-state index contributed by atoms with van der Waals surface area (Å²) in [5.74, 6) is -0.218. The second-order valence-electron chi connectivity index (χ2n) is 9.52. The molecule has 0 aromatic heterocycles. The molecular formula is C22H37O4P. The molecule has 0 fully saturated rings. The van der Waals surface area contributed by atoms with Gasteiger partial charge < -0.3 is 9.05 Å². The van der Waals surface area contributed by atoms with E-state index in [1.165, 1.54) is 0 Å². The van der Waals surface area contributed by atoms with Crippen LogP contribution in [0.1, 0.15) is 90.7 Å². The molecule has 0 radical (unpaired) electrons. The zero-order valence-electron chi connectivity index (χ0n) is 18.7. The Kier molecular flexibility index (Phi) is 7.30. The Labute approximate surface area is 165 Å². The summed E-state index contributed by atoms with van der Waals surface area (Å²) in [4.78, 5) is 13.5. The maximum absolute atomic E-state index is 13.5. The lowest BCUT2D eigenvalue weighted by Crippen LogP contribution is -2.34. The molecule has 0 aliphatic rings. The van der Waals surface area contributed by atoms with Gasteiger partial charge in [-0.15, -0.1) is 0 Å². The highest BCUT2D eigenvalue weighted by molar-refractivity contribution is 7.56. The third-order valence-electron chi connectivity index (χ3n) is 4.77. The molecule has 1 aromatic carbocycles. The van der Waals surface area contributed by atoms with E-state index in [-0.39, 0.29) is 29.8 Å². The number of hydrogen-bond acceptors (Lipinski definition) is 4. The van der Waals surface area contributed by atoms with Crippen molar-refractivity contribution in [1.29, 1.82) is 0 Å². The third-order valence-corrected chi connectivity index (χ3v) is 7.53. The number of rotatable bonds is 7. The summed E-state index contributed by atoms with van der Waals surface area (Å²) in [5.41, 5.74) is 2.50. The van der Waals surface area contributed by atoms with Gasteiger partial charge in [-0.3, -0.25) is 9.36 Å². The van der Waals surface area contributed by atoms with Crippen molar-refractivity contribution in [2.75, 3.05) is 13.2 Å². The molecule has 0 unspecified atom stereocenters. The van der Waals surface area contributed by atoms with Crippen molar-refractivity contribution in [1.82, 2.24) is 0 Å². The molecule has 5 heteroatoms. The van der Waals surface area contributed by atoms with Gasteiger partial charge in [0.25, 0.3) is 0 Å². The van der Waals surface area contributed by atoms with E-state index in [1.54, 1.807) is 27.7 Å². The summed E-state index contributed by atoms with van der Waals surface area (Å²) in [6, 6.07) is 6.00. The van der Waals surface area contributed by atoms with E-state index in [0.29, 0.717) is 5.56 Å². The molecule has 0 aliphatic heterocycles. The van der Waals surface area contributed by atoms with Crippen molar-refractivity contribution >= 4 is 13.4 Å². The molecule has 0 aliphatic carbocycles. The zero-order valence-corrected chi connectivity index (χ0v) is 19.6. The first-order valence-electron chi connectivity index (χ1n) is 9.70. The van der Waals surface area contributed by atoms with Gasteiger partial charge in [0.2, 0.25) is 0 Å². The Bertz CT molecular complexity index is 679. The predicted octanol–water partition coefficient (Wildman–Crippen LogP) is 6.51. The lowest BCUT2D eigenvalue weighted by Gasteiger charge is -2.32. The maximum atomic E-state index is 13.5. The molecule has 0 saturated carbocycles. The minimum atomic E-state index is -3.60. The van der Waals surface area contributed by atoms with Gasteiger partial charge in [0.05, 0.1) is 13.2 Å². The highest BCUT2D eigenvalue weighted by Crippen LogP contribution is 2.60. The molecule has 0 N–H and O–H groups in total. The maximum Gasteiger partial charge on any atom is 0.343 e. The predicted molar refractivity (Wildman–Crippen MR) is 113 cm³/mol. The van der Waals surface area contributed by atoms with E-state index in [9.17, 15) is 9.36 Å². The highest BCUT2D eigenvalue weighted by atomic mass is 31.2. The monoisotopic (exact) mass is 396 g/mol. The number of carbonyl (C=O) groups excluding carboxylic acids is 1. The van der Waals surface area contributed by atoms with Crippen LogP contribution >= 0.6 is 7.60 Å². The van der Waals surface area contributed by atoms with Gasteiger partial charge in [0.1, 0.15) is 5.16 Å². The summed E-state index contributed by atoms with van der Waals surface area (Å²) in [5, 5.41) is -1.27.